The fourth-order valence-corrected chi connectivity index (χ4v) is 2.95. The number of aliphatic carboxylic acids is 2. The van der Waals surface area contributed by atoms with Gasteiger partial charge < -0.3 is 30.3 Å². The fraction of sp³-hybridized carbons (Fsp3) is 0.652. The summed E-state index contributed by atoms with van der Waals surface area (Å²) in [6.45, 7) is 8.03. The topological polar surface area (TPSA) is 151 Å². The summed E-state index contributed by atoms with van der Waals surface area (Å²) in [4.78, 5) is 45.1. The molecule has 10 heteroatoms. The van der Waals surface area contributed by atoms with Crippen LogP contribution in [0.2, 0.25) is 0 Å². The standard InChI is InChI=1S/C23H38N2O8/c1-16(2)19(21(28)29)17(3)11-15-33-23(31)25-13-8-6-5-7-12-24-22(30)32-14-9-10-18(4)20(26)27/h10,16H,5-9,11-15H2,1-4H3,(H,24,30)(H,25,31)(H,26,27)(H,28,29). The van der Waals surface area contributed by atoms with Crippen LogP contribution in [0.25, 0.3) is 0 Å². The molecule has 0 aliphatic rings. The Morgan fingerprint density at radius 2 is 1.33 bits per heavy atom. The molecule has 0 spiro atoms. The highest BCUT2D eigenvalue weighted by atomic mass is 16.6. The van der Waals surface area contributed by atoms with Crippen molar-refractivity contribution in [2.24, 2.45) is 5.92 Å². The molecule has 0 radical (unpaired) electrons. The summed E-state index contributed by atoms with van der Waals surface area (Å²) in [7, 11) is 0. The minimum Gasteiger partial charge on any atom is -0.478 e. The summed E-state index contributed by atoms with van der Waals surface area (Å²) in [5, 5.41) is 23.2. The lowest BCUT2D eigenvalue weighted by Gasteiger charge is -2.12. The van der Waals surface area contributed by atoms with E-state index in [4.69, 9.17) is 14.6 Å². The van der Waals surface area contributed by atoms with Crippen LogP contribution in [0.1, 0.15) is 66.2 Å². The number of carboxylic acids is 2. The number of nitrogens with one attached hydrogen (secondary N) is 2. The van der Waals surface area contributed by atoms with Crippen LogP contribution in [-0.2, 0) is 19.1 Å². The molecule has 0 aliphatic heterocycles. The number of carboxylic acid groups (broad SMARTS) is 2. The molecule has 0 fully saturated rings. The molecule has 2 amide bonds. The Bertz CT molecular complexity index is 713. The SMILES string of the molecule is CC(=CCCOC(=O)NCCCCCCNC(=O)OCCC(C)=C(C(=O)O)C(C)C)C(=O)O. The molecule has 33 heavy (non-hydrogen) atoms. The maximum Gasteiger partial charge on any atom is 0.407 e. The summed E-state index contributed by atoms with van der Waals surface area (Å²) in [6, 6.07) is 0. The van der Waals surface area contributed by atoms with Gasteiger partial charge in [0.05, 0.1) is 13.2 Å². The lowest BCUT2D eigenvalue weighted by Crippen LogP contribution is -2.26. The number of alkyl carbamates (subject to hydrolysis) is 2. The number of amides is 2. The van der Waals surface area contributed by atoms with Crippen molar-refractivity contribution in [2.75, 3.05) is 26.3 Å². The van der Waals surface area contributed by atoms with E-state index >= 15 is 0 Å². The Balaban J connectivity index is 3.73. The Morgan fingerprint density at radius 1 is 0.818 bits per heavy atom. The van der Waals surface area contributed by atoms with Gasteiger partial charge in [-0.3, -0.25) is 0 Å². The quantitative estimate of drug-likeness (QED) is 0.196. The van der Waals surface area contributed by atoms with E-state index in [2.05, 4.69) is 10.6 Å². The van der Waals surface area contributed by atoms with E-state index in [1.165, 1.54) is 13.0 Å². The van der Waals surface area contributed by atoms with Crippen LogP contribution in [0.15, 0.2) is 22.8 Å². The van der Waals surface area contributed by atoms with Crippen LogP contribution in [0.4, 0.5) is 9.59 Å². The lowest BCUT2D eigenvalue weighted by molar-refractivity contribution is -0.134. The van der Waals surface area contributed by atoms with Crippen molar-refractivity contribution in [3.05, 3.63) is 22.8 Å². The van der Waals surface area contributed by atoms with E-state index in [0.29, 0.717) is 37.1 Å². The first-order chi connectivity index (χ1) is 15.6. The van der Waals surface area contributed by atoms with E-state index < -0.39 is 24.1 Å². The molecule has 4 N–H and O–H groups in total. The third kappa shape index (κ3) is 15.4. The molecule has 0 aromatic rings. The van der Waals surface area contributed by atoms with Crippen LogP contribution in [-0.4, -0.2) is 60.6 Å². The number of hydrogen-bond acceptors (Lipinski definition) is 6. The molecule has 0 unspecified atom stereocenters. The normalized spacial score (nSPS) is 12.1. The molecule has 188 valence electrons. The molecular weight excluding hydrogens is 432 g/mol. The zero-order chi connectivity index (χ0) is 25.2. The van der Waals surface area contributed by atoms with Crippen molar-refractivity contribution >= 4 is 24.1 Å². The average Bonchev–Trinajstić information content (AvgIpc) is 2.72. The highest BCUT2D eigenvalue weighted by Gasteiger charge is 2.15. The van der Waals surface area contributed by atoms with Crippen molar-refractivity contribution in [1.29, 1.82) is 0 Å². The number of unbranched alkanes of at least 4 members (excludes halogenated alkanes) is 3. The zero-order valence-electron chi connectivity index (χ0n) is 20.1. The van der Waals surface area contributed by atoms with Crippen LogP contribution in [0.5, 0.6) is 0 Å². The second kappa shape index (κ2) is 17.5. The Hall–Kier alpha value is -3.04. The molecule has 0 aromatic heterocycles. The maximum absolute atomic E-state index is 11.7. The third-order valence-electron chi connectivity index (χ3n) is 4.76. The highest BCUT2D eigenvalue weighted by Crippen LogP contribution is 2.17. The predicted molar refractivity (Wildman–Crippen MR) is 123 cm³/mol. The molecule has 0 atom stereocenters. The van der Waals surface area contributed by atoms with Crippen molar-refractivity contribution in [3.8, 4) is 0 Å². The molecule has 0 saturated carbocycles. The van der Waals surface area contributed by atoms with E-state index in [9.17, 15) is 24.3 Å². The van der Waals surface area contributed by atoms with Gasteiger partial charge in [0.1, 0.15) is 0 Å². The molecule has 10 nitrogen and oxygen atoms in total. The molecule has 0 saturated heterocycles. The van der Waals surface area contributed by atoms with E-state index in [1.807, 2.05) is 13.8 Å². The summed E-state index contributed by atoms with van der Waals surface area (Å²) >= 11 is 0. The second-order valence-electron chi connectivity index (χ2n) is 7.92. The van der Waals surface area contributed by atoms with Gasteiger partial charge >= 0.3 is 24.1 Å². The highest BCUT2D eigenvalue weighted by molar-refractivity contribution is 5.88. The Morgan fingerprint density at radius 3 is 1.79 bits per heavy atom. The van der Waals surface area contributed by atoms with Gasteiger partial charge in [0.15, 0.2) is 0 Å². The first kappa shape index (κ1) is 30.0. The largest absolute Gasteiger partial charge is 0.478 e. The maximum atomic E-state index is 11.7. The van der Waals surface area contributed by atoms with Gasteiger partial charge in [-0.2, -0.15) is 0 Å². The molecular formula is C23H38N2O8. The summed E-state index contributed by atoms with van der Waals surface area (Å²) in [6.07, 6.45) is 4.44. The van der Waals surface area contributed by atoms with E-state index in [-0.39, 0.29) is 24.7 Å². The summed E-state index contributed by atoms with van der Waals surface area (Å²) in [5.74, 6) is -2.04. The van der Waals surface area contributed by atoms with Gasteiger partial charge in [0.25, 0.3) is 0 Å². The minimum absolute atomic E-state index is 0.102. The molecule has 0 heterocycles. The zero-order valence-corrected chi connectivity index (χ0v) is 20.1. The number of ether oxygens (including phenoxy) is 2. The first-order valence-electron chi connectivity index (χ1n) is 11.2. The van der Waals surface area contributed by atoms with E-state index in [1.54, 1.807) is 6.92 Å². The second-order valence-corrected chi connectivity index (χ2v) is 7.92. The van der Waals surface area contributed by atoms with Crippen LogP contribution >= 0.6 is 0 Å². The van der Waals surface area contributed by atoms with Gasteiger partial charge in [-0.1, -0.05) is 38.3 Å². The first-order valence-corrected chi connectivity index (χ1v) is 11.2. The molecule has 0 bridgehead atoms. The summed E-state index contributed by atoms with van der Waals surface area (Å²) in [5.41, 5.74) is 1.27. The van der Waals surface area contributed by atoms with Crippen molar-refractivity contribution in [1.82, 2.24) is 10.6 Å². The van der Waals surface area contributed by atoms with Gasteiger partial charge in [-0.25, -0.2) is 19.2 Å². The molecule has 0 rings (SSSR count). The Labute approximate surface area is 195 Å². The van der Waals surface area contributed by atoms with Gasteiger partial charge in [-0.15, -0.1) is 0 Å². The number of rotatable bonds is 16. The Kier molecular flexibility index (Phi) is 15.9. The smallest absolute Gasteiger partial charge is 0.407 e. The van der Waals surface area contributed by atoms with Crippen LogP contribution in [0, 0.1) is 5.92 Å². The van der Waals surface area contributed by atoms with Crippen LogP contribution < -0.4 is 10.6 Å². The minimum atomic E-state index is -0.993. The van der Waals surface area contributed by atoms with E-state index in [0.717, 1.165) is 25.7 Å². The summed E-state index contributed by atoms with van der Waals surface area (Å²) < 4.78 is 10.0. The third-order valence-corrected chi connectivity index (χ3v) is 4.76. The lowest BCUT2D eigenvalue weighted by atomic mass is 9.96. The molecule has 0 aliphatic carbocycles. The number of hydrogen-bond donors (Lipinski definition) is 4. The van der Waals surface area contributed by atoms with Crippen LogP contribution in [0.3, 0.4) is 0 Å². The van der Waals surface area contributed by atoms with Gasteiger partial charge in [-0.05, 0) is 32.6 Å². The van der Waals surface area contributed by atoms with Crippen molar-refractivity contribution in [3.63, 3.8) is 0 Å². The number of carbonyl (C=O) groups is 4. The van der Waals surface area contributed by atoms with Crippen molar-refractivity contribution in [2.45, 2.75) is 66.2 Å². The predicted octanol–water partition coefficient (Wildman–Crippen LogP) is 3.87. The van der Waals surface area contributed by atoms with Crippen molar-refractivity contribution < 1.29 is 38.9 Å². The monoisotopic (exact) mass is 470 g/mol. The number of carbonyl (C=O) groups excluding carboxylic acids is 2. The average molecular weight is 471 g/mol. The fourth-order valence-electron chi connectivity index (χ4n) is 2.95. The van der Waals surface area contributed by atoms with Gasteiger partial charge in [0, 0.05) is 37.1 Å². The molecule has 0 aromatic carbocycles. The van der Waals surface area contributed by atoms with Gasteiger partial charge in [0.2, 0.25) is 0 Å².